The van der Waals surface area contributed by atoms with Gasteiger partial charge in [-0.2, -0.15) is 0 Å². The Morgan fingerprint density at radius 3 is 2.79 bits per heavy atom. The molecule has 4 atom stereocenters. The summed E-state index contributed by atoms with van der Waals surface area (Å²) < 4.78 is 7.08. The van der Waals surface area contributed by atoms with Crippen molar-refractivity contribution >= 4 is 28.6 Å². The van der Waals surface area contributed by atoms with Crippen LogP contribution < -0.4 is 10.6 Å². The third kappa shape index (κ3) is 3.07. The van der Waals surface area contributed by atoms with Gasteiger partial charge in [-0.15, -0.1) is 0 Å². The summed E-state index contributed by atoms with van der Waals surface area (Å²) in [5.74, 6) is -0.0277. The van der Waals surface area contributed by atoms with Crippen molar-refractivity contribution < 1.29 is 19.7 Å². The summed E-state index contributed by atoms with van der Waals surface area (Å²) in [6, 6.07) is 7.80. The molecule has 1 amide bonds. The third-order valence-corrected chi connectivity index (χ3v) is 4.66. The SMILES string of the molecule is CNC(=O)[C@H]1O[C@@H](n2cnc3c(Nc4cccc(C)c4)ncnc32)[C@H](O)[C@@H]1O. The fraction of sp³-hybridized carbons (Fsp3) is 0.333. The van der Waals surface area contributed by atoms with Crippen molar-refractivity contribution in [2.75, 3.05) is 12.4 Å². The van der Waals surface area contributed by atoms with Gasteiger partial charge in [0.2, 0.25) is 0 Å². The number of likely N-dealkylation sites (N-methyl/N-ethyl adjacent to an activating group) is 1. The van der Waals surface area contributed by atoms with Crippen LogP contribution in [-0.4, -0.2) is 61.0 Å². The second kappa shape index (κ2) is 7.15. The van der Waals surface area contributed by atoms with Gasteiger partial charge in [0.15, 0.2) is 29.3 Å². The zero-order valence-electron chi connectivity index (χ0n) is 15.3. The molecule has 0 aliphatic carbocycles. The van der Waals surface area contributed by atoms with Gasteiger partial charge in [-0.1, -0.05) is 12.1 Å². The number of aliphatic hydroxyl groups is 2. The summed E-state index contributed by atoms with van der Waals surface area (Å²) in [4.78, 5) is 24.7. The van der Waals surface area contributed by atoms with E-state index in [1.165, 1.54) is 24.3 Å². The van der Waals surface area contributed by atoms with Crippen molar-refractivity contribution in [2.24, 2.45) is 0 Å². The lowest BCUT2D eigenvalue weighted by Gasteiger charge is -2.16. The van der Waals surface area contributed by atoms with E-state index in [0.717, 1.165) is 11.3 Å². The van der Waals surface area contributed by atoms with Gasteiger partial charge in [0, 0.05) is 12.7 Å². The van der Waals surface area contributed by atoms with Crippen LogP contribution in [0.25, 0.3) is 11.2 Å². The molecule has 1 aliphatic rings. The minimum Gasteiger partial charge on any atom is -0.387 e. The topological polar surface area (TPSA) is 134 Å². The lowest BCUT2D eigenvalue weighted by Crippen LogP contribution is -2.41. The minimum absolute atomic E-state index is 0.402. The first-order valence-corrected chi connectivity index (χ1v) is 8.74. The van der Waals surface area contributed by atoms with Gasteiger partial charge < -0.3 is 25.6 Å². The summed E-state index contributed by atoms with van der Waals surface area (Å²) >= 11 is 0. The van der Waals surface area contributed by atoms with Crippen molar-refractivity contribution in [3.05, 3.63) is 42.5 Å². The predicted molar refractivity (Wildman–Crippen MR) is 99.8 cm³/mol. The average Bonchev–Trinajstić information content (AvgIpc) is 3.24. The van der Waals surface area contributed by atoms with Crippen LogP contribution in [0.2, 0.25) is 0 Å². The molecule has 4 rings (SSSR count). The summed E-state index contributed by atoms with van der Waals surface area (Å²) in [7, 11) is 1.43. The van der Waals surface area contributed by atoms with Crippen LogP contribution in [0.15, 0.2) is 36.9 Å². The van der Waals surface area contributed by atoms with Crippen molar-refractivity contribution in [2.45, 2.75) is 31.5 Å². The Morgan fingerprint density at radius 1 is 1.21 bits per heavy atom. The number of rotatable bonds is 4. The number of aromatic nitrogens is 4. The van der Waals surface area contributed by atoms with Crippen LogP contribution in [0.4, 0.5) is 11.5 Å². The van der Waals surface area contributed by atoms with Crippen LogP contribution in [0.1, 0.15) is 11.8 Å². The van der Waals surface area contributed by atoms with E-state index in [2.05, 4.69) is 25.6 Å². The molecule has 2 aromatic heterocycles. The molecule has 3 heterocycles. The van der Waals surface area contributed by atoms with Crippen LogP contribution in [0.5, 0.6) is 0 Å². The number of imidazole rings is 1. The highest BCUT2D eigenvalue weighted by molar-refractivity contribution is 5.85. The molecule has 1 aromatic carbocycles. The number of fused-ring (bicyclic) bond motifs is 1. The zero-order chi connectivity index (χ0) is 19.8. The summed E-state index contributed by atoms with van der Waals surface area (Å²) in [5, 5.41) is 26.1. The summed E-state index contributed by atoms with van der Waals surface area (Å²) in [6.07, 6.45) is -2.07. The number of aliphatic hydroxyl groups excluding tert-OH is 2. The molecule has 0 bridgehead atoms. The number of hydrogen-bond acceptors (Lipinski definition) is 8. The van der Waals surface area contributed by atoms with Crippen LogP contribution in [0.3, 0.4) is 0 Å². The van der Waals surface area contributed by atoms with Gasteiger partial charge in [-0.3, -0.25) is 9.36 Å². The van der Waals surface area contributed by atoms with Crippen LogP contribution in [0, 0.1) is 6.92 Å². The molecule has 0 unspecified atom stereocenters. The molecule has 1 saturated heterocycles. The standard InChI is InChI=1S/C18H20N6O4/c1-9-4-3-5-10(6-9)23-15-11-16(21-7-20-15)24(8-22-11)18-13(26)12(25)14(28-18)17(27)19-2/h3-8,12-14,18,25-26H,1-2H3,(H,19,27)(H,20,21,23)/t12-,13+,14-,18+/m0/s1. The predicted octanol–water partition coefficient (Wildman–Crippen LogP) is 0.244. The Balaban J connectivity index is 1.68. The lowest BCUT2D eigenvalue weighted by atomic mass is 10.1. The quantitative estimate of drug-likeness (QED) is 0.503. The fourth-order valence-electron chi connectivity index (χ4n) is 3.24. The maximum absolute atomic E-state index is 11.9. The average molecular weight is 384 g/mol. The Labute approximate surface area is 160 Å². The van der Waals surface area contributed by atoms with E-state index in [1.54, 1.807) is 0 Å². The second-order valence-corrected chi connectivity index (χ2v) is 6.58. The largest absolute Gasteiger partial charge is 0.387 e. The molecule has 1 aliphatic heterocycles. The maximum atomic E-state index is 11.9. The number of carbonyl (C=O) groups is 1. The number of nitrogens with zero attached hydrogens (tertiary/aromatic N) is 4. The van der Waals surface area contributed by atoms with E-state index in [4.69, 9.17) is 4.74 Å². The number of anilines is 2. The molecular weight excluding hydrogens is 364 g/mol. The van der Waals surface area contributed by atoms with Gasteiger partial charge in [0.05, 0.1) is 6.33 Å². The molecule has 1 fully saturated rings. The molecule has 0 radical (unpaired) electrons. The number of hydrogen-bond donors (Lipinski definition) is 4. The van der Waals surface area contributed by atoms with E-state index >= 15 is 0 Å². The third-order valence-electron chi connectivity index (χ3n) is 4.66. The van der Waals surface area contributed by atoms with E-state index in [0.29, 0.717) is 17.0 Å². The fourth-order valence-corrected chi connectivity index (χ4v) is 3.24. The highest BCUT2D eigenvalue weighted by atomic mass is 16.6. The van der Waals surface area contributed by atoms with Gasteiger partial charge in [0.25, 0.3) is 5.91 Å². The highest BCUT2D eigenvalue weighted by Crippen LogP contribution is 2.32. The first-order valence-electron chi connectivity index (χ1n) is 8.74. The number of amides is 1. The number of nitrogens with one attached hydrogen (secondary N) is 2. The molecule has 10 heteroatoms. The van der Waals surface area contributed by atoms with E-state index < -0.39 is 30.4 Å². The molecule has 0 spiro atoms. The highest BCUT2D eigenvalue weighted by Gasteiger charge is 2.47. The molecule has 10 nitrogen and oxygen atoms in total. The minimum atomic E-state index is -1.37. The van der Waals surface area contributed by atoms with E-state index in [1.807, 2.05) is 31.2 Å². The van der Waals surface area contributed by atoms with Crippen molar-refractivity contribution in [3.8, 4) is 0 Å². The normalized spacial score (nSPS) is 24.4. The van der Waals surface area contributed by atoms with Gasteiger partial charge >= 0.3 is 0 Å². The zero-order valence-corrected chi connectivity index (χ0v) is 15.3. The molecular formula is C18H20N6O4. The van der Waals surface area contributed by atoms with Gasteiger partial charge in [-0.05, 0) is 24.6 Å². The van der Waals surface area contributed by atoms with Crippen LogP contribution in [-0.2, 0) is 9.53 Å². The van der Waals surface area contributed by atoms with E-state index in [-0.39, 0.29) is 0 Å². The van der Waals surface area contributed by atoms with Crippen molar-refractivity contribution in [3.63, 3.8) is 0 Å². The Bertz CT molecular complexity index is 1020. The van der Waals surface area contributed by atoms with Crippen LogP contribution >= 0.6 is 0 Å². The smallest absolute Gasteiger partial charge is 0.251 e. The first kappa shape index (κ1) is 18.3. The number of benzene rings is 1. The Kier molecular flexibility index (Phi) is 4.67. The monoisotopic (exact) mass is 384 g/mol. The number of aryl methyl sites for hydroxylation is 1. The van der Waals surface area contributed by atoms with Gasteiger partial charge in [-0.25, -0.2) is 15.0 Å². The summed E-state index contributed by atoms with van der Waals surface area (Å²) in [5.41, 5.74) is 2.82. The van der Waals surface area contributed by atoms with E-state index in [9.17, 15) is 15.0 Å². The molecule has 0 saturated carbocycles. The summed E-state index contributed by atoms with van der Waals surface area (Å²) in [6.45, 7) is 1.99. The molecule has 146 valence electrons. The maximum Gasteiger partial charge on any atom is 0.251 e. The second-order valence-electron chi connectivity index (χ2n) is 6.58. The molecule has 28 heavy (non-hydrogen) atoms. The number of carbonyl (C=O) groups excluding carboxylic acids is 1. The lowest BCUT2D eigenvalue weighted by molar-refractivity contribution is -0.137. The Hall–Kier alpha value is -3.08. The van der Waals surface area contributed by atoms with Gasteiger partial charge in [0.1, 0.15) is 18.5 Å². The van der Waals surface area contributed by atoms with Crippen molar-refractivity contribution in [1.29, 1.82) is 0 Å². The van der Waals surface area contributed by atoms with Crippen molar-refractivity contribution in [1.82, 2.24) is 24.8 Å². The Morgan fingerprint density at radius 2 is 2.04 bits per heavy atom. The first-order chi connectivity index (χ1) is 13.5. The molecule has 3 aromatic rings. The number of ether oxygens (including phenoxy) is 1. The molecule has 4 N–H and O–H groups in total.